The number of imide groups is 1. The van der Waals surface area contributed by atoms with E-state index in [1.54, 1.807) is 34.4 Å². The molecule has 0 bridgehead atoms. The molecule has 0 aliphatic carbocycles. The normalized spacial score (nSPS) is 21.3. The lowest BCUT2D eigenvalue weighted by Crippen LogP contribution is -2.39. The topological polar surface area (TPSA) is 229 Å². The van der Waals surface area contributed by atoms with Crippen molar-refractivity contribution in [3.05, 3.63) is 101 Å². The Morgan fingerprint density at radius 3 is 2.37 bits per heavy atom. The molecule has 4 aromatic heterocycles. The molecule has 4 aliphatic rings. The van der Waals surface area contributed by atoms with Gasteiger partial charge in [-0.2, -0.15) is 5.10 Å². The van der Waals surface area contributed by atoms with Crippen LogP contribution < -0.4 is 25.8 Å². The van der Waals surface area contributed by atoms with Gasteiger partial charge in [0.05, 0.1) is 34.7 Å². The van der Waals surface area contributed by atoms with Crippen LogP contribution in [0.3, 0.4) is 0 Å². The van der Waals surface area contributed by atoms with Crippen LogP contribution >= 0.6 is 0 Å². The third-order valence-corrected chi connectivity index (χ3v) is 14.7. The molecule has 6 aromatic rings. The second-order valence-electron chi connectivity index (χ2n) is 19.8. The van der Waals surface area contributed by atoms with E-state index in [9.17, 15) is 33.9 Å². The van der Waals surface area contributed by atoms with E-state index in [0.29, 0.717) is 84.9 Å². The predicted molar refractivity (Wildman–Crippen MR) is 261 cm³/mol. The fraction of sp³-hybridized carbons (Fsp3) is 0.412. The van der Waals surface area contributed by atoms with Gasteiger partial charge in [0, 0.05) is 93.5 Å². The van der Waals surface area contributed by atoms with Gasteiger partial charge in [0.25, 0.3) is 5.91 Å². The number of unbranched alkanes of at least 4 members (excludes halogenated alkanes) is 1. The third kappa shape index (κ3) is 9.02. The van der Waals surface area contributed by atoms with E-state index >= 15 is 0 Å². The number of piperidine rings is 1. The predicted octanol–water partition coefficient (Wildman–Crippen LogP) is 5.59. The number of hydrogen-bond acceptors (Lipinski definition) is 12. The van der Waals surface area contributed by atoms with Gasteiger partial charge in [0.2, 0.25) is 29.5 Å². The maximum atomic E-state index is 14.0. The minimum atomic E-state index is -1.22. The fourth-order valence-electron chi connectivity index (χ4n) is 10.9. The van der Waals surface area contributed by atoms with Crippen molar-refractivity contribution in [1.29, 1.82) is 0 Å². The number of fused-ring (bicyclic) bond motifs is 2. The molecule has 1 unspecified atom stereocenters. The van der Waals surface area contributed by atoms with Crippen molar-refractivity contribution in [3.8, 4) is 0 Å². The zero-order chi connectivity index (χ0) is 48.9. The number of carboxylic acid groups (broad SMARTS) is 1. The largest absolute Gasteiger partial charge is 0.477 e. The molecule has 362 valence electrons. The van der Waals surface area contributed by atoms with Crippen LogP contribution in [0.5, 0.6) is 0 Å². The van der Waals surface area contributed by atoms with E-state index in [1.807, 2.05) is 35.1 Å². The number of aryl methyl sites for hydroxylation is 2. The van der Waals surface area contributed by atoms with Crippen molar-refractivity contribution in [2.45, 2.75) is 83.0 Å². The van der Waals surface area contributed by atoms with Gasteiger partial charge in [0.15, 0.2) is 11.3 Å². The summed E-state index contributed by atoms with van der Waals surface area (Å²) >= 11 is 0. The Labute approximate surface area is 403 Å². The van der Waals surface area contributed by atoms with Crippen molar-refractivity contribution in [2.24, 2.45) is 12.5 Å². The van der Waals surface area contributed by atoms with Crippen molar-refractivity contribution in [1.82, 2.24) is 39.6 Å². The average molecular weight is 949 g/mol. The number of amides is 5. The molecular weight excluding hydrogens is 893 g/mol. The monoisotopic (exact) mass is 948 g/mol. The second-order valence-corrected chi connectivity index (χ2v) is 19.8. The number of pyridine rings is 2. The van der Waals surface area contributed by atoms with E-state index < -0.39 is 11.9 Å². The Morgan fingerprint density at radius 1 is 0.843 bits per heavy atom. The van der Waals surface area contributed by atoms with Crippen LogP contribution in [-0.4, -0.2) is 114 Å². The number of nitrogens with zero attached hydrogens (tertiary/aromatic N) is 9. The number of anilines is 4. The molecule has 19 nitrogen and oxygen atoms in total. The zero-order valence-corrected chi connectivity index (χ0v) is 39.5. The fourth-order valence-corrected chi connectivity index (χ4v) is 10.9. The highest BCUT2D eigenvalue weighted by atomic mass is 16.4. The molecular formula is C51H56N12O7. The first-order valence-corrected chi connectivity index (χ1v) is 24.0. The first kappa shape index (κ1) is 46.1. The lowest BCUT2D eigenvalue weighted by Gasteiger charge is -2.26. The molecule has 5 amide bonds. The van der Waals surface area contributed by atoms with Gasteiger partial charge in [0.1, 0.15) is 5.82 Å². The number of carboxylic acids is 1. The number of benzene rings is 2. The Morgan fingerprint density at radius 2 is 1.60 bits per heavy atom. The number of rotatable bonds is 13. The molecule has 4 saturated heterocycles. The van der Waals surface area contributed by atoms with Gasteiger partial charge >= 0.3 is 5.97 Å². The van der Waals surface area contributed by atoms with Crippen LogP contribution in [0.15, 0.2) is 72.9 Å². The molecule has 0 radical (unpaired) electrons. The SMILES string of the molecule is Cc1cc(N2CC[C@](C)(c3ccccc3)C2)cn2nc(C(=O)N3CC[C@@]4(CCN(c5cc(NC(=O)CCCCC(=O)Nc6cccc7c(C8CCC(=O)NC8=O)nn(C)c67)cc(C(=O)O)n5)C4)C3)nc12. The standard InChI is InChI=1S/C51H56N12O7/c1-31-24-34(60-21-18-50(2,28-60)32-10-5-4-6-11-32)27-63-46(31)56-45(58-63)48(68)62-23-20-51(30-62)19-22-61(29-51)39-26-33(25-38(53-39)49(69)70)52-40(64)14-7-8-15-41(65)54-37-13-9-12-35-43(57-59(3)44(35)37)36-16-17-42(66)55-47(36)67/h4-6,9-13,24-27,36H,7-8,14-23,28-30H2,1-3H3,(H,54,65)(H,69,70)(H,52,53,64)(H,55,66,67)/t36?,50-,51+/m0/s1. The second kappa shape index (κ2) is 18.3. The molecule has 0 saturated carbocycles. The lowest BCUT2D eigenvalue weighted by atomic mass is 9.82. The quantitative estimate of drug-likeness (QED) is 0.0819. The Kier molecular flexibility index (Phi) is 12.1. The molecule has 4 N–H and O–H groups in total. The molecule has 19 heteroatoms. The smallest absolute Gasteiger partial charge is 0.354 e. The molecule has 1 spiro atoms. The van der Waals surface area contributed by atoms with Gasteiger partial charge < -0.3 is 30.4 Å². The van der Waals surface area contributed by atoms with Crippen LogP contribution in [0, 0.1) is 12.3 Å². The summed E-state index contributed by atoms with van der Waals surface area (Å²) in [4.78, 5) is 92.1. The minimum absolute atomic E-state index is 0.0330. The van der Waals surface area contributed by atoms with Gasteiger partial charge in [-0.25, -0.2) is 19.3 Å². The third-order valence-electron chi connectivity index (χ3n) is 14.7. The number of likely N-dealkylation sites (tertiary alicyclic amines) is 1. The van der Waals surface area contributed by atoms with E-state index in [0.717, 1.165) is 43.6 Å². The van der Waals surface area contributed by atoms with Crippen LogP contribution in [0.4, 0.5) is 22.9 Å². The summed E-state index contributed by atoms with van der Waals surface area (Å²) in [6, 6.07) is 21.1. The number of hydrogen-bond donors (Lipinski definition) is 4. The highest BCUT2D eigenvalue weighted by Gasteiger charge is 2.46. The summed E-state index contributed by atoms with van der Waals surface area (Å²) in [5, 5.41) is 28.1. The number of carbonyl (C=O) groups excluding carboxylic acids is 5. The number of nitrogens with one attached hydrogen (secondary N) is 3. The van der Waals surface area contributed by atoms with Gasteiger partial charge in [-0.3, -0.25) is 34.0 Å². The van der Waals surface area contributed by atoms with Gasteiger partial charge in [-0.15, -0.1) is 5.10 Å². The van der Waals surface area contributed by atoms with E-state index in [4.69, 9.17) is 10.1 Å². The lowest BCUT2D eigenvalue weighted by molar-refractivity contribution is -0.134. The van der Waals surface area contributed by atoms with Gasteiger partial charge in [-0.1, -0.05) is 49.4 Å². The summed E-state index contributed by atoms with van der Waals surface area (Å²) < 4.78 is 3.35. The molecule has 3 atom stereocenters. The van der Waals surface area contributed by atoms with Crippen LogP contribution in [0.1, 0.15) is 109 Å². The van der Waals surface area contributed by atoms with Crippen LogP contribution in [0.25, 0.3) is 16.6 Å². The number of aromatic nitrogens is 6. The number of carbonyl (C=O) groups is 6. The number of aromatic carboxylic acids is 1. The van der Waals surface area contributed by atoms with E-state index in [-0.39, 0.29) is 71.1 Å². The molecule has 10 rings (SSSR count). The summed E-state index contributed by atoms with van der Waals surface area (Å²) in [5.74, 6) is -2.71. The first-order chi connectivity index (χ1) is 33.6. The van der Waals surface area contributed by atoms with Crippen LogP contribution in [-0.2, 0) is 31.6 Å². The van der Waals surface area contributed by atoms with Crippen molar-refractivity contribution < 1.29 is 33.9 Å². The van der Waals surface area contributed by atoms with Crippen molar-refractivity contribution in [2.75, 3.05) is 59.7 Å². The summed E-state index contributed by atoms with van der Waals surface area (Å²) in [5.41, 5.74) is 5.60. The van der Waals surface area contributed by atoms with Crippen LogP contribution in [0.2, 0.25) is 0 Å². The summed E-state index contributed by atoms with van der Waals surface area (Å²) in [6.45, 7) is 8.28. The molecule has 4 aliphatic heterocycles. The molecule has 8 heterocycles. The molecule has 70 heavy (non-hydrogen) atoms. The Hall–Kier alpha value is -7.70. The first-order valence-electron chi connectivity index (χ1n) is 24.0. The zero-order valence-electron chi connectivity index (χ0n) is 39.5. The molecule has 2 aromatic carbocycles. The highest BCUT2D eigenvalue weighted by molar-refractivity contribution is 6.05. The minimum Gasteiger partial charge on any atom is -0.477 e. The Bertz CT molecular complexity index is 3100. The maximum Gasteiger partial charge on any atom is 0.354 e. The van der Waals surface area contributed by atoms with Gasteiger partial charge in [-0.05, 0) is 74.8 Å². The average Bonchev–Trinajstić information content (AvgIpc) is 4.20. The van der Waals surface area contributed by atoms with E-state index in [2.05, 4.69) is 68.2 Å². The molecule has 4 fully saturated rings. The maximum absolute atomic E-state index is 14.0. The summed E-state index contributed by atoms with van der Waals surface area (Å²) in [7, 11) is 1.74. The highest BCUT2D eigenvalue weighted by Crippen LogP contribution is 2.42. The van der Waals surface area contributed by atoms with E-state index in [1.165, 1.54) is 11.6 Å². The van der Waals surface area contributed by atoms with Crippen molar-refractivity contribution in [3.63, 3.8) is 0 Å². The summed E-state index contributed by atoms with van der Waals surface area (Å²) in [6.07, 6.45) is 6.17. The Balaban J connectivity index is 0.727. The van der Waals surface area contributed by atoms with Crippen molar-refractivity contribution >= 4 is 74.9 Å². The number of para-hydroxylation sites is 1.